The van der Waals surface area contributed by atoms with E-state index in [1.54, 1.807) is 13.4 Å². The Kier molecular flexibility index (Phi) is 4.53. The Hall–Kier alpha value is -2.46. The fourth-order valence-corrected chi connectivity index (χ4v) is 2.28. The van der Waals surface area contributed by atoms with Crippen LogP contribution < -0.4 is 9.47 Å². The first-order valence-electron chi connectivity index (χ1n) is 7.13. The summed E-state index contributed by atoms with van der Waals surface area (Å²) in [6.07, 6.45) is 1.59. The summed E-state index contributed by atoms with van der Waals surface area (Å²) in [5, 5.41) is 0.578. The number of benzene rings is 2. The van der Waals surface area contributed by atoms with E-state index >= 15 is 0 Å². The SMILES string of the molecule is COc1ccc(-c2nc(COc3cc(C)ccc3Cl)co2)cc1. The molecule has 0 N–H and O–H groups in total. The highest BCUT2D eigenvalue weighted by atomic mass is 35.5. The second-order valence-electron chi connectivity index (χ2n) is 5.10. The van der Waals surface area contributed by atoms with Crippen LogP contribution in [0.5, 0.6) is 11.5 Å². The third-order valence-electron chi connectivity index (χ3n) is 3.35. The first-order chi connectivity index (χ1) is 11.2. The Morgan fingerprint density at radius 3 is 2.65 bits per heavy atom. The van der Waals surface area contributed by atoms with Gasteiger partial charge in [0.25, 0.3) is 0 Å². The van der Waals surface area contributed by atoms with Crippen molar-refractivity contribution in [2.24, 2.45) is 0 Å². The summed E-state index contributed by atoms with van der Waals surface area (Å²) < 4.78 is 16.4. The summed E-state index contributed by atoms with van der Waals surface area (Å²) in [7, 11) is 1.63. The summed E-state index contributed by atoms with van der Waals surface area (Å²) in [6, 6.07) is 13.2. The molecule has 0 unspecified atom stereocenters. The fourth-order valence-electron chi connectivity index (χ4n) is 2.11. The van der Waals surface area contributed by atoms with Crippen LogP contribution in [-0.4, -0.2) is 12.1 Å². The number of hydrogen-bond acceptors (Lipinski definition) is 4. The molecule has 1 heterocycles. The monoisotopic (exact) mass is 329 g/mol. The zero-order chi connectivity index (χ0) is 16.2. The molecular formula is C18H16ClNO3. The molecule has 4 nitrogen and oxygen atoms in total. The Labute approximate surface area is 139 Å². The maximum Gasteiger partial charge on any atom is 0.226 e. The van der Waals surface area contributed by atoms with Gasteiger partial charge in [-0.3, -0.25) is 0 Å². The second-order valence-corrected chi connectivity index (χ2v) is 5.50. The Bertz CT molecular complexity index is 796. The van der Waals surface area contributed by atoms with Crippen LogP contribution in [0.1, 0.15) is 11.3 Å². The van der Waals surface area contributed by atoms with Crippen LogP contribution in [0.3, 0.4) is 0 Å². The van der Waals surface area contributed by atoms with E-state index in [1.807, 2.05) is 49.4 Å². The highest BCUT2D eigenvalue weighted by molar-refractivity contribution is 6.32. The lowest BCUT2D eigenvalue weighted by Crippen LogP contribution is -1.96. The molecule has 0 amide bonds. The highest BCUT2D eigenvalue weighted by Crippen LogP contribution is 2.27. The summed E-state index contributed by atoms with van der Waals surface area (Å²) in [5.74, 6) is 1.97. The van der Waals surface area contributed by atoms with Crippen molar-refractivity contribution < 1.29 is 13.9 Å². The molecule has 3 aromatic rings. The molecule has 1 aromatic heterocycles. The number of ether oxygens (including phenoxy) is 2. The van der Waals surface area contributed by atoms with Crippen LogP contribution in [0.4, 0.5) is 0 Å². The second kappa shape index (κ2) is 6.75. The van der Waals surface area contributed by atoms with Gasteiger partial charge in [0.1, 0.15) is 30.1 Å². The van der Waals surface area contributed by atoms with E-state index < -0.39 is 0 Å². The first-order valence-corrected chi connectivity index (χ1v) is 7.51. The van der Waals surface area contributed by atoms with Crippen molar-refractivity contribution in [3.05, 3.63) is 65.0 Å². The van der Waals surface area contributed by atoms with E-state index in [-0.39, 0.29) is 0 Å². The van der Waals surface area contributed by atoms with Crippen LogP contribution in [0.2, 0.25) is 5.02 Å². The molecule has 0 saturated heterocycles. The zero-order valence-corrected chi connectivity index (χ0v) is 13.6. The lowest BCUT2D eigenvalue weighted by molar-refractivity contribution is 0.301. The van der Waals surface area contributed by atoms with Crippen LogP contribution in [0.25, 0.3) is 11.5 Å². The maximum absolute atomic E-state index is 6.11. The van der Waals surface area contributed by atoms with Gasteiger partial charge in [-0.05, 0) is 48.9 Å². The van der Waals surface area contributed by atoms with Crippen molar-refractivity contribution in [3.63, 3.8) is 0 Å². The van der Waals surface area contributed by atoms with Crippen molar-refractivity contribution in [3.8, 4) is 23.0 Å². The number of rotatable bonds is 5. The fraction of sp³-hybridized carbons (Fsp3) is 0.167. The van der Waals surface area contributed by atoms with Gasteiger partial charge in [0.2, 0.25) is 5.89 Å². The van der Waals surface area contributed by atoms with E-state index in [0.29, 0.717) is 29.0 Å². The average Bonchev–Trinajstić information content (AvgIpc) is 3.05. The van der Waals surface area contributed by atoms with Gasteiger partial charge in [-0.1, -0.05) is 17.7 Å². The summed E-state index contributed by atoms with van der Waals surface area (Å²) in [5.41, 5.74) is 2.67. The molecule has 2 aromatic carbocycles. The van der Waals surface area contributed by atoms with Crippen molar-refractivity contribution >= 4 is 11.6 Å². The molecule has 0 saturated carbocycles. The molecule has 0 aliphatic heterocycles. The van der Waals surface area contributed by atoms with E-state index in [2.05, 4.69) is 4.98 Å². The third kappa shape index (κ3) is 3.66. The first kappa shape index (κ1) is 15.4. The molecule has 0 atom stereocenters. The minimum Gasteiger partial charge on any atom is -0.497 e. The molecule has 0 fully saturated rings. The molecule has 118 valence electrons. The minimum atomic E-state index is 0.294. The Morgan fingerprint density at radius 2 is 1.91 bits per heavy atom. The summed E-state index contributed by atoms with van der Waals surface area (Å²) in [4.78, 5) is 4.43. The summed E-state index contributed by atoms with van der Waals surface area (Å²) in [6.45, 7) is 2.28. The summed E-state index contributed by atoms with van der Waals surface area (Å²) >= 11 is 6.11. The molecule has 5 heteroatoms. The molecular weight excluding hydrogens is 314 g/mol. The van der Waals surface area contributed by atoms with Crippen molar-refractivity contribution in [2.45, 2.75) is 13.5 Å². The number of hydrogen-bond donors (Lipinski definition) is 0. The van der Waals surface area contributed by atoms with Crippen LogP contribution in [0.15, 0.2) is 53.1 Å². The predicted molar refractivity (Wildman–Crippen MR) is 89.0 cm³/mol. The molecule has 0 spiro atoms. The third-order valence-corrected chi connectivity index (χ3v) is 3.66. The lowest BCUT2D eigenvalue weighted by atomic mass is 10.2. The lowest BCUT2D eigenvalue weighted by Gasteiger charge is -2.06. The van der Waals surface area contributed by atoms with E-state index in [4.69, 9.17) is 25.5 Å². The average molecular weight is 330 g/mol. The van der Waals surface area contributed by atoms with E-state index in [1.165, 1.54) is 0 Å². The Morgan fingerprint density at radius 1 is 1.13 bits per heavy atom. The van der Waals surface area contributed by atoms with Gasteiger partial charge in [-0.2, -0.15) is 0 Å². The number of nitrogens with zero attached hydrogens (tertiary/aromatic N) is 1. The number of aryl methyl sites for hydroxylation is 1. The molecule has 0 aliphatic carbocycles. The van der Waals surface area contributed by atoms with Crippen molar-refractivity contribution in [2.75, 3.05) is 7.11 Å². The molecule has 23 heavy (non-hydrogen) atoms. The standard InChI is InChI=1S/C18H16ClNO3/c1-12-3-8-16(19)17(9-12)22-10-14-11-23-18(20-14)13-4-6-15(21-2)7-5-13/h3-9,11H,10H2,1-2H3. The number of aromatic nitrogens is 1. The van der Waals surface area contributed by atoms with Crippen LogP contribution in [-0.2, 0) is 6.61 Å². The highest BCUT2D eigenvalue weighted by Gasteiger charge is 2.09. The number of halogens is 1. The number of methoxy groups -OCH3 is 1. The smallest absolute Gasteiger partial charge is 0.226 e. The van der Waals surface area contributed by atoms with Crippen molar-refractivity contribution in [1.82, 2.24) is 4.98 Å². The van der Waals surface area contributed by atoms with Gasteiger partial charge in [-0.25, -0.2) is 4.98 Å². The molecule has 0 bridgehead atoms. The van der Waals surface area contributed by atoms with Gasteiger partial charge < -0.3 is 13.9 Å². The van der Waals surface area contributed by atoms with Gasteiger partial charge in [0.15, 0.2) is 0 Å². The molecule has 0 aliphatic rings. The molecule has 0 radical (unpaired) electrons. The predicted octanol–water partition coefficient (Wildman–Crippen LogP) is 4.89. The van der Waals surface area contributed by atoms with Gasteiger partial charge in [0.05, 0.1) is 12.1 Å². The zero-order valence-electron chi connectivity index (χ0n) is 12.9. The van der Waals surface area contributed by atoms with Crippen LogP contribution in [0, 0.1) is 6.92 Å². The number of oxazole rings is 1. The van der Waals surface area contributed by atoms with Gasteiger partial charge >= 0.3 is 0 Å². The van der Waals surface area contributed by atoms with E-state index in [9.17, 15) is 0 Å². The Balaban J connectivity index is 1.70. The topological polar surface area (TPSA) is 44.5 Å². The van der Waals surface area contributed by atoms with E-state index in [0.717, 1.165) is 16.9 Å². The van der Waals surface area contributed by atoms with Crippen molar-refractivity contribution in [1.29, 1.82) is 0 Å². The molecule has 3 rings (SSSR count). The largest absolute Gasteiger partial charge is 0.497 e. The van der Waals surface area contributed by atoms with Crippen LogP contribution >= 0.6 is 11.6 Å². The normalized spacial score (nSPS) is 10.6. The minimum absolute atomic E-state index is 0.294. The maximum atomic E-state index is 6.11. The van der Waals surface area contributed by atoms with Gasteiger partial charge in [0, 0.05) is 5.56 Å². The van der Waals surface area contributed by atoms with Gasteiger partial charge in [-0.15, -0.1) is 0 Å². The quantitative estimate of drug-likeness (QED) is 0.668.